The summed E-state index contributed by atoms with van der Waals surface area (Å²) in [6, 6.07) is 5.69. The zero-order valence-corrected chi connectivity index (χ0v) is 9.77. The monoisotopic (exact) mass is 239 g/mol. The van der Waals surface area contributed by atoms with E-state index in [4.69, 9.17) is 11.6 Å². The second-order valence-corrected chi connectivity index (χ2v) is 4.57. The van der Waals surface area contributed by atoms with Gasteiger partial charge < -0.3 is 5.32 Å². The average Bonchev–Trinajstić information content (AvgIpc) is 2.64. The van der Waals surface area contributed by atoms with E-state index in [9.17, 15) is 0 Å². The molecule has 0 unspecified atom stereocenters. The summed E-state index contributed by atoms with van der Waals surface area (Å²) < 4.78 is 0. The molecule has 2 aromatic heterocycles. The first-order valence-corrected chi connectivity index (χ1v) is 5.77. The molecule has 0 fully saturated rings. The number of thiophene rings is 1. The molecule has 0 aromatic carbocycles. The first kappa shape index (κ1) is 10.4. The molecule has 0 bridgehead atoms. The van der Waals surface area contributed by atoms with Crippen LogP contribution in [0, 0.1) is 6.92 Å². The minimum absolute atomic E-state index is 0.410. The fourth-order valence-electron chi connectivity index (χ4n) is 1.17. The third-order valence-corrected chi connectivity index (χ3v) is 3.12. The standard InChI is InChI=1S/C10H10ClN3S/c1-7-4-8(15-6-7)5-12-10-3-2-9(11)13-14-10/h2-4,6H,5H2,1H3,(H,12,14). The van der Waals surface area contributed by atoms with Gasteiger partial charge >= 0.3 is 0 Å². The van der Waals surface area contributed by atoms with Crippen molar-refractivity contribution in [2.45, 2.75) is 13.5 Å². The largest absolute Gasteiger partial charge is 0.364 e. The van der Waals surface area contributed by atoms with Crippen molar-refractivity contribution in [3.8, 4) is 0 Å². The lowest BCUT2D eigenvalue weighted by molar-refractivity contribution is 1.01. The predicted octanol–water partition coefficient (Wildman–Crippen LogP) is 3.11. The molecule has 0 radical (unpaired) electrons. The zero-order chi connectivity index (χ0) is 10.7. The molecule has 2 aromatic rings. The highest BCUT2D eigenvalue weighted by atomic mass is 35.5. The van der Waals surface area contributed by atoms with E-state index in [0.717, 1.165) is 12.4 Å². The average molecular weight is 240 g/mol. The maximum atomic E-state index is 5.63. The van der Waals surface area contributed by atoms with Crippen molar-refractivity contribution in [3.63, 3.8) is 0 Å². The number of anilines is 1. The molecule has 0 aliphatic heterocycles. The van der Waals surface area contributed by atoms with Crippen molar-refractivity contribution < 1.29 is 0 Å². The first-order chi connectivity index (χ1) is 7.24. The Kier molecular flexibility index (Phi) is 3.18. The van der Waals surface area contributed by atoms with Crippen LogP contribution in [0.4, 0.5) is 5.82 Å². The van der Waals surface area contributed by atoms with Gasteiger partial charge in [0.05, 0.1) is 6.54 Å². The maximum Gasteiger partial charge on any atom is 0.151 e. The molecule has 78 valence electrons. The van der Waals surface area contributed by atoms with Crippen molar-refractivity contribution in [3.05, 3.63) is 39.2 Å². The van der Waals surface area contributed by atoms with E-state index in [1.165, 1.54) is 10.4 Å². The number of hydrogen-bond donors (Lipinski definition) is 1. The molecule has 1 N–H and O–H groups in total. The lowest BCUT2D eigenvalue weighted by Gasteiger charge is -2.01. The van der Waals surface area contributed by atoms with Crippen LogP contribution in [0.15, 0.2) is 23.6 Å². The van der Waals surface area contributed by atoms with Crippen LogP contribution in [0.2, 0.25) is 5.15 Å². The van der Waals surface area contributed by atoms with E-state index in [2.05, 4.69) is 33.9 Å². The van der Waals surface area contributed by atoms with Gasteiger partial charge in [0.2, 0.25) is 0 Å². The molecule has 0 aliphatic rings. The number of halogens is 1. The summed E-state index contributed by atoms with van der Waals surface area (Å²) in [5, 5.41) is 13.4. The van der Waals surface area contributed by atoms with Crippen molar-refractivity contribution >= 4 is 28.8 Å². The summed E-state index contributed by atoms with van der Waals surface area (Å²) in [5.74, 6) is 0.741. The summed E-state index contributed by atoms with van der Waals surface area (Å²) >= 11 is 7.37. The molecule has 2 rings (SSSR count). The summed E-state index contributed by atoms with van der Waals surface area (Å²) in [6.45, 7) is 2.86. The molecule has 3 nitrogen and oxygen atoms in total. The van der Waals surface area contributed by atoms with Gasteiger partial charge in [0, 0.05) is 4.88 Å². The number of hydrogen-bond acceptors (Lipinski definition) is 4. The van der Waals surface area contributed by atoms with Gasteiger partial charge in [0.25, 0.3) is 0 Å². The molecule has 0 spiro atoms. The van der Waals surface area contributed by atoms with Gasteiger partial charge in [-0.1, -0.05) is 11.6 Å². The molecule has 0 aliphatic carbocycles. The van der Waals surface area contributed by atoms with Gasteiger partial charge in [-0.3, -0.25) is 0 Å². The maximum absolute atomic E-state index is 5.63. The second-order valence-electron chi connectivity index (χ2n) is 3.19. The minimum atomic E-state index is 0.410. The summed E-state index contributed by atoms with van der Waals surface area (Å²) in [6.07, 6.45) is 0. The zero-order valence-electron chi connectivity index (χ0n) is 8.20. The third-order valence-electron chi connectivity index (χ3n) is 1.86. The number of aryl methyl sites for hydroxylation is 1. The van der Waals surface area contributed by atoms with E-state index in [1.54, 1.807) is 17.4 Å². The predicted molar refractivity (Wildman–Crippen MR) is 63.4 cm³/mol. The van der Waals surface area contributed by atoms with Crippen LogP contribution < -0.4 is 5.32 Å². The van der Waals surface area contributed by atoms with Crippen molar-refractivity contribution in [2.75, 3.05) is 5.32 Å². The van der Waals surface area contributed by atoms with Crippen LogP contribution in [0.3, 0.4) is 0 Å². The van der Waals surface area contributed by atoms with E-state index in [1.807, 2.05) is 6.07 Å². The molecule has 2 heterocycles. The fraction of sp³-hybridized carbons (Fsp3) is 0.200. The van der Waals surface area contributed by atoms with Gasteiger partial charge in [-0.15, -0.1) is 21.5 Å². The van der Waals surface area contributed by atoms with E-state index in [-0.39, 0.29) is 0 Å². The van der Waals surface area contributed by atoms with Crippen LogP contribution in [0.1, 0.15) is 10.4 Å². The van der Waals surface area contributed by atoms with E-state index in [0.29, 0.717) is 5.15 Å². The SMILES string of the molecule is Cc1csc(CNc2ccc(Cl)nn2)c1. The Bertz CT molecular complexity index is 438. The van der Waals surface area contributed by atoms with Gasteiger partial charge in [0.1, 0.15) is 5.82 Å². The molecule has 5 heteroatoms. The normalized spacial score (nSPS) is 10.3. The van der Waals surface area contributed by atoms with Crippen LogP contribution in [-0.4, -0.2) is 10.2 Å². The van der Waals surface area contributed by atoms with Crippen molar-refractivity contribution in [1.82, 2.24) is 10.2 Å². The second kappa shape index (κ2) is 4.59. The Hall–Kier alpha value is -1.13. The van der Waals surface area contributed by atoms with Crippen LogP contribution in [-0.2, 0) is 6.54 Å². The molecule has 0 saturated heterocycles. The van der Waals surface area contributed by atoms with E-state index >= 15 is 0 Å². The minimum Gasteiger partial charge on any atom is -0.364 e. The summed E-state index contributed by atoms with van der Waals surface area (Å²) in [7, 11) is 0. The Morgan fingerprint density at radius 2 is 2.27 bits per heavy atom. The highest BCUT2D eigenvalue weighted by Crippen LogP contribution is 2.15. The Morgan fingerprint density at radius 1 is 1.40 bits per heavy atom. The van der Waals surface area contributed by atoms with Gasteiger partial charge in [0.15, 0.2) is 5.15 Å². The number of nitrogens with one attached hydrogen (secondary N) is 1. The highest BCUT2D eigenvalue weighted by Gasteiger charge is 1.98. The lowest BCUT2D eigenvalue weighted by Crippen LogP contribution is -2.00. The van der Waals surface area contributed by atoms with Crippen LogP contribution in [0.5, 0.6) is 0 Å². The molecule has 15 heavy (non-hydrogen) atoms. The first-order valence-electron chi connectivity index (χ1n) is 4.51. The molecule has 0 saturated carbocycles. The van der Waals surface area contributed by atoms with Gasteiger partial charge in [-0.2, -0.15) is 0 Å². The summed E-state index contributed by atoms with van der Waals surface area (Å²) in [5.41, 5.74) is 1.29. The Labute approximate surface area is 97.1 Å². The highest BCUT2D eigenvalue weighted by molar-refractivity contribution is 7.10. The molecule has 0 atom stereocenters. The smallest absolute Gasteiger partial charge is 0.151 e. The van der Waals surface area contributed by atoms with Crippen LogP contribution in [0.25, 0.3) is 0 Å². The van der Waals surface area contributed by atoms with Crippen LogP contribution >= 0.6 is 22.9 Å². The van der Waals surface area contributed by atoms with Gasteiger partial charge in [-0.05, 0) is 36.1 Å². The molecular weight excluding hydrogens is 230 g/mol. The Balaban J connectivity index is 1.96. The van der Waals surface area contributed by atoms with Gasteiger partial charge in [-0.25, -0.2) is 0 Å². The number of rotatable bonds is 3. The summed E-state index contributed by atoms with van der Waals surface area (Å²) in [4.78, 5) is 1.28. The van der Waals surface area contributed by atoms with E-state index < -0.39 is 0 Å². The van der Waals surface area contributed by atoms with Crippen molar-refractivity contribution in [1.29, 1.82) is 0 Å². The third kappa shape index (κ3) is 2.91. The quantitative estimate of drug-likeness (QED) is 0.895. The number of nitrogens with zero attached hydrogens (tertiary/aromatic N) is 2. The molecular formula is C10H10ClN3S. The topological polar surface area (TPSA) is 37.8 Å². The van der Waals surface area contributed by atoms with Crippen molar-refractivity contribution in [2.24, 2.45) is 0 Å². The lowest BCUT2D eigenvalue weighted by atomic mass is 10.3. The Morgan fingerprint density at radius 3 is 2.87 bits per heavy atom. The molecule has 0 amide bonds. The number of aromatic nitrogens is 2. The fourth-order valence-corrected chi connectivity index (χ4v) is 2.09.